The minimum absolute atomic E-state index is 0.0282. The van der Waals surface area contributed by atoms with Crippen molar-refractivity contribution in [1.29, 1.82) is 0 Å². The van der Waals surface area contributed by atoms with E-state index in [1.807, 2.05) is 66.4 Å². The molecule has 0 radical (unpaired) electrons. The van der Waals surface area contributed by atoms with E-state index in [1.54, 1.807) is 0 Å². The second-order valence-corrected chi connectivity index (χ2v) is 9.38. The van der Waals surface area contributed by atoms with Gasteiger partial charge < -0.3 is 14.4 Å². The van der Waals surface area contributed by atoms with E-state index >= 15 is 0 Å². The van der Waals surface area contributed by atoms with E-state index in [4.69, 9.17) is 9.47 Å². The summed E-state index contributed by atoms with van der Waals surface area (Å²) in [6, 6.07) is 30.0. The van der Waals surface area contributed by atoms with Crippen LogP contribution in [0.5, 0.6) is 11.5 Å². The Morgan fingerprint density at radius 2 is 1.35 bits per heavy atom. The van der Waals surface area contributed by atoms with E-state index in [0.29, 0.717) is 31.9 Å². The van der Waals surface area contributed by atoms with Crippen molar-refractivity contribution in [3.05, 3.63) is 130 Å². The van der Waals surface area contributed by atoms with Gasteiger partial charge in [0.15, 0.2) is 0 Å². The average molecular weight is 494 g/mol. The van der Waals surface area contributed by atoms with Crippen molar-refractivity contribution in [1.82, 2.24) is 4.90 Å². The molecule has 190 valence electrons. The van der Waals surface area contributed by atoms with Crippen molar-refractivity contribution in [3.8, 4) is 11.5 Å². The zero-order valence-electron chi connectivity index (χ0n) is 22.2. The lowest BCUT2D eigenvalue weighted by molar-refractivity contribution is 0.0729. The second-order valence-electron chi connectivity index (χ2n) is 9.38. The Morgan fingerprint density at radius 1 is 0.730 bits per heavy atom. The van der Waals surface area contributed by atoms with Crippen LogP contribution in [0.4, 0.5) is 0 Å². The van der Waals surface area contributed by atoms with Crippen molar-refractivity contribution in [2.45, 2.75) is 47.4 Å². The Labute approximate surface area is 220 Å². The van der Waals surface area contributed by atoms with Gasteiger partial charge in [0, 0.05) is 24.2 Å². The van der Waals surface area contributed by atoms with Crippen LogP contribution >= 0.6 is 0 Å². The fourth-order valence-electron chi connectivity index (χ4n) is 4.42. The van der Waals surface area contributed by atoms with Crippen LogP contribution in [0.1, 0.15) is 50.7 Å². The zero-order chi connectivity index (χ0) is 26.2. The predicted octanol–water partition coefficient (Wildman–Crippen LogP) is 7.43. The number of aryl methyl sites for hydroxylation is 2. The standard InChI is InChI=1S/C33H35NO3/c1-5-36-31-17-16-29(20-30(31)23-37-32-19-24(2)18-25(3)26(32)4)33(35)34(21-27-12-8-6-9-13-27)22-28-14-10-7-11-15-28/h6-20H,5,21-23H2,1-4H3. The highest BCUT2D eigenvalue weighted by molar-refractivity contribution is 5.94. The first-order valence-corrected chi connectivity index (χ1v) is 12.8. The minimum Gasteiger partial charge on any atom is -0.493 e. The zero-order valence-corrected chi connectivity index (χ0v) is 22.2. The molecule has 0 heterocycles. The highest BCUT2D eigenvalue weighted by Crippen LogP contribution is 2.28. The van der Waals surface area contributed by atoms with E-state index in [1.165, 1.54) is 5.56 Å². The molecule has 4 aromatic carbocycles. The number of carbonyl (C=O) groups is 1. The molecule has 0 saturated carbocycles. The molecule has 0 fully saturated rings. The van der Waals surface area contributed by atoms with Gasteiger partial charge in [-0.15, -0.1) is 0 Å². The minimum atomic E-state index is -0.0282. The summed E-state index contributed by atoms with van der Waals surface area (Å²) in [5.74, 6) is 1.56. The van der Waals surface area contributed by atoms with Crippen molar-refractivity contribution in [2.75, 3.05) is 6.61 Å². The monoisotopic (exact) mass is 493 g/mol. The summed E-state index contributed by atoms with van der Waals surface area (Å²) in [7, 11) is 0. The normalized spacial score (nSPS) is 10.7. The van der Waals surface area contributed by atoms with Gasteiger partial charge in [-0.1, -0.05) is 66.7 Å². The van der Waals surface area contributed by atoms with Crippen LogP contribution in [-0.2, 0) is 19.7 Å². The number of hydrogen-bond donors (Lipinski definition) is 0. The molecule has 0 aliphatic rings. The summed E-state index contributed by atoms with van der Waals surface area (Å²) in [5.41, 5.74) is 7.12. The fraction of sp³-hybridized carbons (Fsp3) is 0.242. The summed E-state index contributed by atoms with van der Waals surface area (Å²) in [5, 5.41) is 0. The number of rotatable bonds is 10. The fourth-order valence-corrected chi connectivity index (χ4v) is 4.42. The Kier molecular flexibility index (Phi) is 8.63. The van der Waals surface area contributed by atoms with Gasteiger partial charge in [-0.25, -0.2) is 0 Å². The number of benzene rings is 4. The van der Waals surface area contributed by atoms with E-state index in [2.05, 4.69) is 57.2 Å². The quantitative estimate of drug-likeness (QED) is 0.231. The predicted molar refractivity (Wildman–Crippen MR) is 149 cm³/mol. The molecular weight excluding hydrogens is 458 g/mol. The Hall–Kier alpha value is -4.05. The molecule has 4 rings (SSSR count). The number of carbonyl (C=O) groups excluding carboxylic acids is 1. The number of hydrogen-bond acceptors (Lipinski definition) is 3. The van der Waals surface area contributed by atoms with Crippen molar-refractivity contribution >= 4 is 5.91 Å². The molecule has 0 aliphatic carbocycles. The molecule has 0 N–H and O–H groups in total. The van der Waals surface area contributed by atoms with Gasteiger partial charge in [-0.3, -0.25) is 4.79 Å². The SMILES string of the molecule is CCOc1ccc(C(=O)N(Cc2ccccc2)Cc2ccccc2)cc1COc1cc(C)cc(C)c1C. The van der Waals surface area contributed by atoms with Crippen LogP contribution in [-0.4, -0.2) is 17.4 Å². The van der Waals surface area contributed by atoms with Crippen molar-refractivity contribution in [3.63, 3.8) is 0 Å². The molecule has 0 bridgehead atoms. The van der Waals surface area contributed by atoms with Gasteiger partial charge in [0.05, 0.1) is 6.61 Å². The van der Waals surface area contributed by atoms with Gasteiger partial charge >= 0.3 is 0 Å². The lowest BCUT2D eigenvalue weighted by atomic mass is 10.1. The molecule has 4 heteroatoms. The lowest BCUT2D eigenvalue weighted by Gasteiger charge is -2.24. The summed E-state index contributed by atoms with van der Waals surface area (Å²) >= 11 is 0. The first kappa shape index (κ1) is 26.0. The summed E-state index contributed by atoms with van der Waals surface area (Å²) in [4.78, 5) is 15.7. The maximum atomic E-state index is 13.8. The molecule has 4 aromatic rings. The molecule has 0 aromatic heterocycles. The van der Waals surface area contributed by atoms with Gasteiger partial charge in [0.2, 0.25) is 0 Å². The summed E-state index contributed by atoms with van der Waals surface area (Å²) in [6.45, 7) is 10.1. The number of ether oxygens (including phenoxy) is 2. The van der Waals surface area contributed by atoms with E-state index in [9.17, 15) is 4.79 Å². The van der Waals surface area contributed by atoms with Crippen molar-refractivity contribution < 1.29 is 14.3 Å². The average Bonchev–Trinajstić information content (AvgIpc) is 2.91. The molecule has 37 heavy (non-hydrogen) atoms. The van der Waals surface area contributed by atoms with Crippen LogP contribution in [0, 0.1) is 20.8 Å². The summed E-state index contributed by atoms with van der Waals surface area (Å²) < 4.78 is 12.1. The van der Waals surface area contributed by atoms with Crippen LogP contribution < -0.4 is 9.47 Å². The smallest absolute Gasteiger partial charge is 0.254 e. The Morgan fingerprint density at radius 3 is 1.95 bits per heavy atom. The third-order valence-electron chi connectivity index (χ3n) is 6.47. The van der Waals surface area contributed by atoms with Crippen LogP contribution in [0.2, 0.25) is 0 Å². The maximum Gasteiger partial charge on any atom is 0.254 e. The molecule has 0 spiro atoms. The number of amides is 1. The maximum absolute atomic E-state index is 13.8. The third kappa shape index (κ3) is 6.79. The van der Waals surface area contributed by atoms with Crippen LogP contribution in [0.3, 0.4) is 0 Å². The molecule has 0 saturated heterocycles. The van der Waals surface area contributed by atoms with Crippen LogP contribution in [0.25, 0.3) is 0 Å². The van der Waals surface area contributed by atoms with Crippen molar-refractivity contribution in [2.24, 2.45) is 0 Å². The van der Waals surface area contributed by atoms with Gasteiger partial charge in [-0.05, 0) is 79.8 Å². The molecule has 1 amide bonds. The van der Waals surface area contributed by atoms with Crippen LogP contribution in [0.15, 0.2) is 91.0 Å². The molecule has 4 nitrogen and oxygen atoms in total. The molecule has 0 atom stereocenters. The number of nitrogens with zero attached hydrogens (tertiary/aromatic N) is 1. The van der Waals surface area contributed by atoms with Gasteiger partial charge in [-0.2, -0.15) is 0 Å². The van der Waals surface area contributed by atoms with E-state index in [-0.39, 0.29) is 5.91 Å². The first-order chi connectivity index (χ1) is 17.9. The third-order valence-corrected chi connectivity index (χ3v) is 6.47. The first-order valence-electron chi connectivity index (χ1n) is 12.8. The van der Waals surface area contributed by atoms with E-state index < -0.39 is 0 Å². The van der Waals surface area contributed by atoms with Gasteiger partial charge in [0.1, 0.15) is 18.1 Å². The summed E-state index contributed by atoms with van der Waals surface area (Å²) in [6.07, 6.45) is 0. The van der Waals surface area contributed by atoms with Gasteiger partial charge in [0.25, 0.3) is 5.91 Å². The molecule has 0 aliphatic heterocycles. The molecule has 0 unspecified atom stereocenters. The topological polar surface area (TPSA) is 38.8 Å². The lowest BCUT2D eigenvalue weighted by Crippen LogP contribution is -2.30. The molecular formula is C33H35NO3. The van der Waals surface area contributed by atoms with E-state index in [0.717, 1.165) is 39.3 Å². The Balaban J connectivity index is 1.62. The highest BCUT2D eigenvalue weighted by atomic mass is 16.5. The largest absolute Gasteiger partial charge is 0.493 e. The Bertz CT molecular complexity index is 1290. The second kappa shape index (κ2) is 12.3. The highest BCUT2D eigenvalue weighted by Gasteiger charge is 2.19.